The molecule has 1 aliphatic heterocycles. The highest BCUT2D eigenvalue weighted by Gasteiger charge is 2.44. The van der Waals surface area contributed by atoms with Crippen LogP contribution in [0.2, 0.25) is 0 Å². The maximum atomic E-state index is 13.3. The van der Waals surface area contributed by atoms with Gasteiger partial charge in [-0.3, -0.25) is 14.5 Å². The molecule has 2 rings (SSSR count). The van der Waals surface area contributed by atoms with Crippen molar-refractivity contribution in [2.45, 2.75) is 25.2 Å². The third kappa shape index (κ3) is 5.46. The normalized spacial score (nSPS) is 18.4. The van der Waals surface area contributed by atoms with Crippen LogP contribution in [0.3, 0.4) is 0 Å². The molecule has 0 saturated carbocycles. The number of nitrogens with zero attached hydrogens (tertiary/aromatic N) is 1. The minimum atomic E-state index is -4.45. The molecule has 1 fully saturated rings. The fourth-order valence-electron chi connectivity index (χ4n) is 2.54. The minimum Gasteiger partial charge on any atom is -0.472 e. The highest BCUT2D eigenvalue weighted by atomic mass is 19.4. The lowest BCUT2D eigenvalue weighted by atomic mass is 10.2. The summed E-state index contributed by atoms with van der Waals surface area (Å²) in [5.74, 6) is -1.22. The molecule has 0 bridgehead atoms. The minimum absolute atomic E-state index is 0.230. The molecular formula is C15H21F3N4O3. The van der Waals surface area contributed by atoms with Gasteiger partial charge in [0.1, 0.15) is 18.3 Å². The van der Waals surface area contributed by atoms with Gasteiger partial charge in [0.05, 0.1) is 11.8 Å². The standard InChI is InChI=1S/C15H21F3N4O3/c1-10(21-14(24)11-2-7-25-9-11)13(23)20-8-12(15(16,17)18)22-5-3-19-4-6-22/h2,7,9-10,12,19H,3-6,8H2,1H3,(H,20,23)(H,21,24). The second-order valence-electron chi connectivity index (χ2n) is 5.80. The van der Waals surface area contributed by atoms with Crippen molar-refractivity contribution in [1.29, 1.82) is 0 Å². The van der Waals surface area contributed by atoms with Gasteiger partial charge >= 0.3 is 6.18 Å². The molecule has 2 heterocycles. The Morgan fingerprint density at radius 3 is 2.60 bits per heavy atom. The maximum absolute atomic E-state index is 13.3. The lowest BCUT2D eigenvalue weighted by molar-refractivity contribution is -0.184. The summed E-state index contributed by atoms with van der Waals surface area (Å²) in [5, 5.41) is 7.67. The first-order valence-corrected chi connectivity index (χ1v) is 7.91. The van der Waals surface area contributed by atoms with Crippen LogP contribution in [0.4, 0.5) is 13.2 Å². The topological polar surface area (TPSA) is 86.6 Å². The number of alkyl halides is 3. The van der Waals surface area contributed by atoms with Crippen LogP contribution >= 0.6 is 0 Å². The average molecular weight is 362 g/mol. The summed E-state index contributed by atoms with van der Waals surface area (Å²) in [6.45, 7) is 2.30. The zero-order chi connectivity index (χ0) is 18.4. The van der Waals surface area contributed by atoms with Gasteiger partial charge in [-0.25, -0.2) is 0 Å². The molecule has 1 aromatic rings. The van der Waals surface area contributed by atoms with Gasteiger partial charge in [-0.05, 0) is 13.0 Å². The molecule has 1 aromatic heterocycles. The molecule has 25 heavy (non-hydrogen) atoms. The Bertz CT molecular complexity index is 571. The van der Waals surface area contributed by atoms with Gasteiger partial charge in [-0.15, -0.1) is 0 Å². The van der Waals surface area contributed by atoms with E-state index >= 15 is 0 Å². The number of hydrogen-bond donors (Lipinski definition) is 3. The largest absolute Gasteiger partial charge is 0.472 e. The van der Waals surface area contributed by atoms with E-state index in [9.17, 15) is 22.8 Å². The van der Waals surface area contributed by atoms with E-state index in [0.29, 0.717) is 13.1 Å². The molecule has 0 spiro atoms. The number of furan rings is 1. The SMILES string of the molecule is CC(NC(=O)c1ccoc1)C(=O)NCC(N1CCNCC1)C(F)(F)F. The number of rotatable bonds is 6. The Morgan fingerprint density at radius 1 is 1.36 bits per heavy atom. The van der Waals surface area contributed by atoms with Crippen LogP contribution in [0.5, 0.6) is 0 Å². The van der Waals surface area contributed by atoms with Crippen molar-refractivity contribution in [2.24, 2.45) is 0 Å². The van der Waals surface area contributed by atoms with Gasteiger partial charge in [0.15, 0.2) is 0 Å². The Morgan fingerprint density at radius 2 is 2.04 bits per heavy atom. The van der Waals surface area contributed by atoms with Crippen LogP contribution in [-0.4, -0.2) is 67.7 Å². The summed E-state index contributed by atoms with van der Waals surface area (Å²) in [5.41, 5.74) is 0.230. The lowest BCUT2D eigenvalue weighted by Crippen LogP contribution is -2.58. The molecule has 1 saturated heterocycles. The molecule has 0 aliphatic carbocycles. The third-order valence-electron chi connectivity index (χ3n) is 3.96. The van der Waals surface area contributed by atoms with Crippen LogP contribution < -0.4 is 16.0 Å². The molecule has 140 valence electrons. The fraction of sp³-hybridized carbons (Fsp3) is 0.600. The lowest BCUT2D eigenvalue weighted by Gasteiger charge is -2.36. The smallest absolute Gasteiger partial charge is 0.405 e. The summed E-state index contributed by atoms with van der Waals surface area (Å²) in [6, 6.07) is -1.31. The maximum Gasteiger partial charge on any atom is 0.405 e. The Labute approximate surface area is 142 Å². The predicted octanol–water partition coefficient (Wildman–Crippen LogP) is 0.350. The number of carbonyl (C=O) groups is 2. The number of hydrogen-bond acceptors (Lipinski definition) is 5. The van der Waals surface area contributed by atoms with E-state index in [4.69, 9.17) is 4.42 Å². The van der Waals surface area contributed by atoms with Gasteiger partial charge in [0.2, 0.25) is 5.91 Å². The molecule has 7 nitrogen and oxygen atoms in total. The predicted molar refractivity (Wildman–Crippen MR) is 82.9 cm³/mol. The van der Waals surface area contributed by atoms with E-state index in [1.165, 1.54) is 30.4 Å². The highest BCUT2D eigenvalue weighted by Crippen LogP contribution is 2.24. The highest BCUT2D eigenvalue weighted by molar-refractivity contribution is 5.97. The Balaban J connectivity index is 1.88. The van der Waals surface area contributed by atoms with Gasteiger partial charge in [-0.2, -0.15) is 13.2 Å². The molecule has 10 heteroatoms. The molecular weight excluding hydrogens is 341 g/mol. The average Bonchev–Trinajstić information content (AvgIpc) is 3.09. The van der Waals surface area contributed by atoms with E-state index < -0.39 is 36.6 Å². The first-order valence-electron chi connectivity index (χ1n) is 7.91. The number of carbonyl (C=O) groups excluding carboxylic acids is 2. The first kappa shape index (κ1) is 19.3. The summed E-state index contributed by atoms with van der Waals surface area (Å²) in [7, 11) is 0. The molecule has 0 aromatic carbocycles. The summed E-state index contributed by atoms with van der Waals surface area (Å²) >= 11 is 0. The van der Waals surface area contributed by atoms with Crippen molar-refractivity contribution < 1.29 is 27.2 Å². The quantitative estimate of drug-likeness (QED) is 0.680. The van der Waals surface area contributed by atoms with Crippen LogP contribution in [0.1, 0.15) is 17.3 Å². The molecule has 3 N–H and O–H groups in total. The van der Waals surface area contributed by atoms with Crippen molar-refractivity contribution >= 4 is 11.8 Å². The van der Waals surface area contributed by atoms with E-state index in [1.807, 2.05) is 0 Å². The van der Waals surface area contributed by atoms with Crippen LogP contribution in [-0.2, 0) is 4.79 Å². The fourth-order valence-corrected chi connectivity index (χ4v) is 2.54. The van der Waals surface area contributed by atoms with Crippen LogP contribution in [0, 0.1) is 0 Å². The zero-order valence-corrected chi connectivity index (χ0v) is 13.7. The van der Waals surface area contributed by atoms with Gasteiger partial charge in [0, 0.05) is 32.7 Å². The van der Waals surface area contributed by atoms with Crippen molar-refractivity contribution in [3.8, 4) is 0 Å². The number of halogens is 3. The van der Waals surface area contributed by atoms with E-state index in [2.05, 4.69) is 16.0 Å². The monoisotopic (exact) mass is 362 g/mol. The summed E-state index contributed by atoms with van der Waals surface area (Å²) < 4.78 is 44.5. The third-order valence-corrected chi connectivity index (χ3v) is 3.96. The molecule has 1 aliphatic rings. The second kappa shape index (κ2) is 8.34. The number of nitrogens with one attached hydrogen (secondary N) is 3. The first-order chi connectivity index (χ1) is 11.8. The molecule has 0 radical (unpaired) electrons. The number of piperazine rings is 1. The number of amides is 2. The van der Waals surface area contributed by atoms with Crippen molar-refractivity contribution in [2.75, 3.05) is 32.7 Å². The Hall–Kier alpha value is -2.07. The van der Waals surface area contributed by atoms with Crippen LogP contribution in [0.15, 0.2) is 23.0 Å². The Kier molecular flexibility index (Phi) is 6.43. The van der Waals surface area contributed by atoms with Crippen LogP contribution in [0.25, 0.3) is 0 Å². The van der Waals surface area contributed by atoms with Gasteiger partial charge in [-0.1, -0.05) is 0 Å². The van der Waals surface area contributed by atoms with Gasteiger partial charge < -0.3 is 20.4 Å². The zero-order valence-electron chi connectivity index (χ0n) is 13.7. The van der Waals surface area contributed by atoms with E-state index in [-0.39, 0.29) is 18.7 Å². The summed E-state index contributed by atoms with van der Waals surface area (Å²) in [6.07, 6.45) is -1.93. The molecule has 2 amide bonds. The second-order valence-corrected chi connectivity index (χ2v) is 5.80. The van der Waals surface area contributed by atoms with Crippen molar-refractivity contribution in [3.63, 3.8) is 0 Å². The van der Waals surface area contributed by atoms with Crippen molar-refractivity contribution in [1.82, 2.24) is 20.9 Å². The van der Waals surface area contributed by atoms with E-state index in [1.54, 1.807) is 0 Å². The van der Waals surface area contributed by atoms with Crippen molar-refractivity contribution in [3.05, 3.63) is 24.2 Å². The molecule has 2 atom stereocenters. The van der Waals surface area contributed by atoms with E-state index in [0.717, 1.165) is 0 Å². The summed E-state index contributed by atoms with van der Waals surface area (Å²) in [4.78, 5) is 25.1. The molecule has 2 unspecified atom stereocenters. The van der Waals surface area contributed by atoms with Gasteiger partial charge in [0.25, 0.3) is 5.91 Å².